The molecule has 4 heteroatoms. The van der Waals surface area contributed by atoms with E-state index < -0.39 is 18.0 Å². The molecular formula is C11H15NO3. The van der Waals surface area contributed by atoms with Crippen molar-refractivity contribution >= 4 is 5.97 Å². The summed E-state index contributed by atoms with van der Waals surface area (Å²) in [6.07, 6.45) is 2.07. The molecule has 0 aliphatic carbocycles. The molecule has 2 N–H and O–H groups in total. The first-order chi connectivity index (χ1) is 7.04. The number of aliphatic hydroxyl groups excluding tert-OH is 1. The molecule has 82 valence electrons. The van der Waals surface area contributed by atoms with Crippen molar-refractivity contribution in [2.75, 3.05) is 0 Å². The van der Waals surface area contributed by atoms with E-state index in [9.17, 15) is 9.90 Å². The minimum absolute atomic E-state index is 0.127. The Morgan fingerprint density at radius 3 is 2.53 bits per heavy atom. The highest BCUT2D eigenvalue weighted by Crippen LogP contribution is 2.27. The van der Waals surface area contributed by atoms with Gasteiger partial charge in [-0.3, -0.25) is 9.78 Å². The SMILES string of the molecule is CC(C)C(C(=O)O)C(O)c1cccnc1. The summed E-state index contributed by atoms with van der Waals surface area (Å²) >= 11 is 0. The van der Waals surface area contributed by atoms with Crippen molar-refractivity contribution < 1.29 is 15.0 Å². The van der Waals surface area contributed by atoms with Crippen LogP contribution in [0.1, 0.15) is 25.5 Å². The molecule has 0 aliphatic heterocycles. The van der Waals surface area contributed by atoms with Crippen molar-refractivity contribution in [1.82, 2.24) is 4.98 Å². The maximum atomic E-state index is 11.0. The van der Waals surface area contributed by atoms with Crippen LogP contribution in [-0.2, 0) is 4.79 Å². The van der Waals surface area contributed by atoms with E-state index in [1.807, 2.05) is 0 Å². The summed E-state index contributed by atoms with van der Waals surface area (Å²) in [7, 11) is 0. The third-order valence-corrected chi connectivity index (χ3v) is 2.37. The van der Waals surface area contributed by atoms with Gasteiger partial charge < -0.3 is 10.2 Å². The normalized spacial score (nSPS) is 14.9. The number of nitrogens with zero attached hydrogens (tertiary/aromatic N) is 1. The third-order valence-electron chi connectivity index (χ3n) is 2.37. The molecule has 1 aromatic rings. The summed E-state index contributed by atoms with van der Waals surface area (Å²) in [5.41, 5.74) is 0.540. The molecule has 0 saturated heterocycles. The molecule has 2 unspecified atom stereocenters. The molecule has 1 heterocycles. The standard InChI is InChI=1S/C11H15NO3/c1-7(2)9(11(14)15)10(13)8-4-3-5-12-6-8/h3-7,9-10,13H,1-2H3,(H,14,15). The lowest BCUT2D eigenvalue weighted by Gasteiger charge is -2.22. The molecule has 1 aromatic heterocycles. The Balaban J connectivity index is 2.91. The highest BCUT2D eigenvalue weighted by Gasteiger charge is 2.30. The Bertz CT molecular complexity index is 324. The molecule has 0 aromatic carbocycles. The second-order valence-corrected chi connectivity index (χ2v) is 3.84. The number of hydrogen-bond donors (Lipinski definition) is 2. The molecule has 0 saturated carbocycles. The van der Waals surface area contributed by atoms with Gasteiger partial charge in [-0.05, 0) is 17.5 Å². The van der Waals surface area contributed by atoms with Crippen LogP contribution >= 0.6 is 0 Å². The van der Waals surface area contributed by atoms with Gasteiger partial charge in [0, 0.05) is 12.4 Å². The van der Waals surface area contributed by atoms with Gasteiger partial charge in [0.15, 0.2) is 0 Å². The molecule has 2 atom stereocenters. The van der Waals surface area contributed by atoms with Gasteiger partial charge in [0.2, 0.25) is 0 Å². The summed E-state index contributed by atoms with van der Waals surface area (Å²) in [6.45, 7) is 3.55. The van der Waals surface area contributed by atoms with Crippen LogP contribution in [0.5, 0.6) is 0 Å². The van der Waals surface area contributed by atoms with Gasteiger partial charge in [0.1, 0.15) is 0 Å². The lowest BCUT2D eigenvalue weighted by atomic mass is 9.87. The Labute approximate surface area is 88.6 Å². The number of aromatic nitrogens is 1. The van der Waals surface area contributed by atoms with Gasteiger partial charge in [-0.15, -0.1) is 0 Å². The molecule has 0 aliphatic rings. The highest BCUT2D eigenvalue weighted by molar-refractivity contribution is 5.71. The second-order valence-electron chi connectivity index (χ2n) is 3.84. The Morgan fingerprint density at radius 1 is 1.47 bits per heavy atom. The van der Waals surface area contributed by atoms with Crippen molar-refractivity contribution in [3.05, 3.63) is 30.1 Å². The van der Waals surface area contributed by atoms with Crippen LogP contribution in [0.4, 0.5) is 0 Å². The van der Waals surface area contributed by atoms with Gasteiger partial charge in [-0.2, -0.15) is 0 Å². The predicted molar refractivity (Wildman–Crippen MR) is 55.2 cm³/mol. The lowest BCUT2D eigenvalue weighted by molar-refractivity contribution is -0.148. The van der Waals surface area contributed by atoms with Crippen LogP contribution in [0.15, 0.2) is 24.5 Å². The fraction of sp³-hybridized carbons (Fsp3) is 0.455. The van der Waals surface area contributed by atoms with E-state index in [1.165, 1.54) is 6.20 Å². The van der Waals surface area contributed by atoms with Crippen LogP contribution in [0.25, 0.3) is 0 Å². The summed E-state index contributed by atoms with van der Waals surface area (Å²) in [6, 6.07) is 3.35. The minimum Gasteiger partial charge on any atom is -0.481 e. The molecule has 0 bridgehead atoms. The van der Waals surface area contributed by atoms with Crippen molar-refractivity contribution in [1.29, 1.82) is 0 Å². The molecule has 0 radical (unpaired) electrons. The highest BCUT2D eigenvalue weighted by atomic mass is 16.4. The van der Waals surface area contributed by atoms with E-state index in [1.54, 1.807) is 32.2 Å². The molecule has 0 fully saturated rings. The zero-order chi connectivity index (χ0) is 11.4. The first-order valence-corrected chi connectivity index (χ1v) is 4.85. The third kappa shape index (κ3) is 2.76. The molecule has 0 amide bonds. The van der Waals surface area contributed by atoms with Gasteiger partial charge in [0.25, 0.3) is 0 Å². The van der Waals surface area contributed by atoms with E-state index in [2.05, 4.69) is 4.98 Å². The van der Waals surface area contributed by atoms with Gasteiger partial charge in [-0.1, -0.05) is 19.9 Å². The number of rotatable bonds is 4. The van der Waals surface area contributed by atoms with Crippen LogP contribution in [0.2, 0.25) is 0 Å². The zero-order valence-electron chi connectivity index (χ0n) is 8.79. The fourth-order valence-corrected chi connectivity index (χ4v) is 1.54. The van der Waals surface area contributed by atoms with E-state index in [0.717, 1.165) is 0 Å². The lowest BCUT2D eigenvalue weighted by Crippen LogP contribution is -2.26. The number of pyridine rings is 1. The van der Waals surface area contributed by atoms with Crippen LogP contribution in [-0.4, -0.2) is 21.2 Å². The smallest absolute Gasteiger partial charge is 0.309 e. The first kappa shape index (κ1) is 11.7. The number of carboxylic acid groups (broad SMARTS) is 1. The number of aliphatic hydroxyl groups is 1. The average Bonchev–Trinajstić information content (AvgIpc) is 2.18. The van der Waals surface area contributed by atoms with Gasteiger partial charge in [0.05, 0.1) is 12.0 Å². The van der Waals surface area contributed by atoms with Gasteiger partial charge >= 0.3 is 5.97 Å². The van der Waals surface area contributed by atoms with Crippen molar-refractivity contribution in [2.45, 2.75) is 20.0 Å². The van der Waals surface area contributed by atoms with E-state index in [0.29, 0.717) is 5.56 Å². The maximum Gasteiger partial charge on any atom is 0.309 e. The molecular weight excluding hydrogens is 194 g/mol. The molecule has 1 rings (SSSR count). The van der Waals surface area contributed by atoms with E-state index in [4.69, 9.17) is 5.11 Å². The molecule has 15 heavy (non-hydrogen) atoms. The number of carbonyl (C=O) groups is 1. The van der Waals surface area contributed by atoms with Crippen LogP contribution in [0, 0.1) is 11.8 Å². The first-order valence-electron chi connectivity index (χ1n) is 4.85. The quantitative estimate of drug-likeness (QED) is 0.787. The predicted octanol–water partition coefficient (Wildman–Crippen LogP) is 1.47. The Morgan fingerprint density at radius 2 is 2.13 bits per heavy atom. The largest absolute Gasteiger partial charge is 0.481 e. The Kier molecular flexibility index (Phi) is 3.80. The van der Waals surface area contributed by atoms with Crippen molar-refractivity contribution in [3.8, 4) is 0 Å². The summed E-state index contributed by atoms with van der Waals surface area (Å²) in [5.74, 6) is -1.91. The second kappa shape index (κ2) is 4.89. The van der Waals surface area contributed by atoms with Crippen molar-refractivity contribution in [2.24, 2.45) is 11.8 Å². The van der Waals surface area contributed by atoms with Crippen molar-refractivity contribution in [3.63, 3.8) is 0 Å². The summed E-state index contributed by atoms with van der Waals surface area (Å²) < 4.78 is 0. The van der Waals surface area contributed by atoms with Gasteiger partial charge in [-0.25, -0.2) is 0 Å². The Hall–Kier alpha value is -1.42. The van der Waals surface area contributed by atoms with Crippen LogP contribution in [0.3, 0.4) is 0 Å². The number of hydrogen-bond acceptors (Lipinski definition) is 3. The van der Waals surface area contributed by atoms with E-state index in [-0.39, 0.29) is 5.92 Å². The average molecular weight is 209 g/mol. The molecule has 4 nitrogen and oxygen atoms in total. The monoisotopic (exact) mass is 209 g/mol. The fourth-order valence-electron chi connectivity index (χ4n) is 1.54. The topological polar surface area (TPSA) is 70.4 Å². The maximum absolute atomic E-state index is 11.0. The summed E-state index contributed by atoms with van der Waals surface area (Å²) in [4.78, 5) is 14.8. The van der Waals surface area contributed by atoms with Crippen LogP contribution < -0.4 is 0 Å². The zero-order valence-corrected chi connectivity index (χ0v) is 8.79. The molecule has 0 spiro atoms. The number of carboxylic acids is 1. The van der Waals surface area contributed by atoms with E-state index >= 15 is 0 Å². The summed E-state index contributed by atoms with van der Waals surface area (Å²) in [5, 5.41) is 18.9. The minimum atomic E-state index is -1.00. The number of aliphatic carboxylic acids is 1.